The number of aromatic amines is 1. The Hall–Kier alpha value is -2.24. The van der Waals surface area contributed by atoms with Gasteiger partial charge < -0.3 is 19.8 Å². The highest BCUT2D eigenvalue weighted by molar-refractivity contribution is 6.30. The highest BCUT2D eigenvalue weighted by Crippen LogP contribution is 2.32. The number of halogens is 1. The van der Waals surface area contributed by atoms with Crippen LogP contribution in [0.15, 0.2) is 36.4 Å². The summed E-state index contributed by atoms with van der Waals surface area (Å²) in [5.74, 6) is 3.31. The molecule has 5 nitrogen and oxygen atoms in total. The van der Waals surface area contributed by atoms with Gasteiger partial charge in [0, 0.05) is 5.02 Å². The van der Waals surface area contributed by atoms with Gasteiger partial charge in [0.05, 0.1) is 11.6 Å². The molecule has 0 atom stereocenters. The number of aromatic nitrogens is 2. The molecule has 31 heavy (non-hydrogen) atoms. The molecule has 1 fully saturated rings. The summed E-state index contributed by atoms with van der Waals surface area (Å²) in [6.07, 6.45) is 6.17. The third-order valence-electron chi connectivity index (χ3n) is 5.80. The number of ether oxygens (including phenoxy) is 2. The van der Waals surface area contributed by atoms with E-state index in [1.54, 1.807) is 0 Å². The maximum absolute atomic E-state index is 6.24. The van der Waals surface area contributed by atoms with Gasteiger partial charge in [-0.25, -0.2) is 4.98 Å². The quantitative estimate of drug-likeness (QED) is 0.433. The molecule has 3 aromatic rings. The van der Waals surface area contributed by atoms with Crippen LogP contribution in [0.25, 0.3) is 11.0 Å². The summed E-state index contributed by atoms with van der Waals surface area (Å²) in [5, 5.41) is 4.15. The summed E-state index contributed by atoms with van der Waals surface area (Å²) in [7, 11) is 0. The zero-order chi connectivity index (χ0) is 21.6. The lowest BCUT2D eigenvalue weighted by atomic mass is 9.91. The van der Waals surface area contributed by atoms with E-state index in [1.807, 2.05) is 24.3 Å². The molecule has 4 rings (SSSR count). The van der Waals surface area contributed by atoms with Gasteiger partial charge in [-0.15, -0.1) is 0 Å². The van der Waals surface area contributed by atoms with Crippen LogP contribution >= 0.6 is 11.6 Å². The van der Waals surface area contributed by atoms with Crippen LogP contribution in [0.4, 0.5) is 0 Å². The SMILES string of the molecule is CC(C)Oc1c(CCCC2CCNCC2)ccc2[nH]c(COc3ccc(Cl)cc3)nc12. The Labute approximate surface area is 189 Å². The molecule has 0 unspecified atom stereocenters. The summed E-state index contributed by atoms with van der Waals surface area (Å²) >= 11 is 5.95. The van der Waals surface area contributed by atoms with Crippen LogP contribution in [-0.4, -0.2) is 29.2 Å². The number of hydrogen-bond acceptors (Lipinski definition) is 4. The zero-order valence-electron chi connectivity index (χ0n) is 18.4. The van der Waals surface area contributed by atoms with Crippen molar-refractivity contribution in [2.45, 2.75) is 58.7 Å². The first-order valence-corrected chi connectivity index (χ1v) is 11.7. The Bertz CT molecular complexity index is 978. The molecule has 2 N–H and O–H groups in total. The average molecular weight is 442 g/mol. The lowest BCUT2D eigenvalue weighted by Gasteiger charge is -2.22. The molecule has 1 saturated heterocycles. The molecular weight excluding hydrogens is 410 g/mol. The van der Waals surface area contributed by atoms with Crippen molar-refractivity contribution in [2.24, 2.45) is 5.92 Å². The van der Waals surface area contributed by atoms with Gasteiger partial charge in [0.15, 0.2) is 5.75 Å². The predicted octanol–water partition coefficient (Wildman–Crippen LogP) is 5.90. The second kappa shape index (κ2) is 10.4. The molecule has 166 valence electrons. The van der Waals surface area contributed by atoms with E-state index >= 15 is 0 Å². The fraction of sp³-hybridized carbons (Fsp3) is 0.480. The van der Waals surface area contributed by atoms with Crippen LogP contribution in [-0.2, 0) is 13.0 Å². The molecule has 0 aliphatic carbocycles. The normalized spacial score (nSPS) is 15.0. The van der Waals surface area contributed by atoms with Gasteiger partial charge in [-0.3, -0.25) is 0 Å². The van der Waals surface area contributed by atoms with E-state index in [0.29, 0.717) is 11.6 Å². The van der Waals surface area contributed by atoms with Crippen LogP contribution in [0.1, 0.15) is 50.9 Å². The lowest BCUT2D eigenvalue weighted by Crippen LogP contribution is -2.27. The molecule has 6 heteroatoms. The Morgan fingerprint density at radius 3 is 2.61 bits per heavy atom. The number of nitrogens with one attached hydrogen (secondary N) is 2. The van der Waals surface area contributed by atoms with Crippen molar-refractivity contribution in [3.63, 3.8) is 0 Å². The van der Waals surface area contributed by atoms with Crippen LogP contribution in [0, 0.1) is 5.92 Å². The van der Waals surface area contributed by atoms with Crippen molar-refractivity contribution in [3.05, 3.63) is 52.8 Å². The molecule has 0 spiro atoms. The van der Waals surface area contributed by atoms with Crippen LogP contribution in [0.5, 0.6) is 11.5 Å². The number of piperidine rings is 1. The summed E-state index contributed by atoms with van der Waals surface area (Å²) in [6, 6.07) is 11.7. The minimum absolute atomic E-state index is 0.0965. The fourth-order valence-corrected chi connectivity index (χ4v) is 4.34. The minimum atomic E-state index is 0.0965. The van der Waals surface area contributed by atoms with Crippen molar-refractivity contribution in [3.8, 4) is 11.5 Å². The van der Waals surface area contributed by atoms with Gasteiger partial charge in [-0.05, 0) is 94.4 Å². The number of rotatable bonds is 9. The Morgan fingerprint density at radius 1 is 1.10 bits per heavy atom. The van der Waals surface area contributed by atoms with Gasteiger partial charge in [-0.2, -0.15) is 0 Å². The van der Waals surface area contributed by atoms with Crippen molar-refractivity contribution < 1.29 is 9.47 Å². The highest BCUT2D eigenvalue weighted by atomic mass is 35.5. The number of benzene rings is 2. The Morgan fingerprint density at radius 2 is 1.87 bits per heavy atom. The van der Waals surface area contributed by atoms with E-state index in [1.165, 1.54) is 31.2 Å². The molecule has 0 saturated carbocycles. The van der Waals surface area contributed by atoms with Gasteiger partial charge in [0.1, 0.15) is 23.7 Å². The monoisotopic (exact) mass is 441 g/mol. The number of nitrogens with zero attached hydrogens (tertiary/aromatic N) is 1. The second-order valence-electron chi connectivity index (χ2n) is 8.63. The average Bonchev–Trinajstić information content (AvgIpc) is 3.19. The number of fused-ring (bicyclic) bond motifs is 1. The summed E-state index contributed by atoms with van der Waals surface area (Å²) in [5.41, 5.74) is 3.11. The van der Waals surface area contributed by atoms with Gasteiger partial charge in [0.25, 0.3) is 0 Å². The molecular formula is C25H32ClN3O2. The maximum atomic E-state index is 6.24. The Kier molecular flexibility index (Phi) is 7.36. The van der Waals surface area contributed by atoms with E-state index in [-0.39, 0.29) is 6.10 Å². The molecule has 1 aliphatic heterocycles. The third-order valence-corrected chi connectivity index (χ3v) is 6.05. The van der Waals surface area contributed by atoms with Crippen molar-refractivity contribution >= 4 is 22.6 Å². The minimum Gasteiger partial charge on any atom is -0.488 e. The van der Waals surface area contributed by atoms with E-state index in [0.717, 1.165) is 53.8 Å². The third kappa shape index (κ3) is 5.92. The van der Waals surface area contributed by atoms with Crippen molar-refractivity contribution in [1.29, 1.82) is 0 Å². The standard InChI is InChI=1S/C25H32ClN3O2/c1-17(2)31-25-19(5-3-4-18-12-14-27-15-13-18)6-11-22-24(25)29-23(28-22)16-30-21-9-7-20(26)8-10-21/h6-11,17-18,27H,3-5,12-16H2,1-2H3,(H,28,29). The fourth-order valence-electron chi connectivity index (χ4n) is 4.21. The molecule has 1 aromatic heterocycles. The molecule has 2 heterocycles. The predicted molar refractivity (Wildman–Crippen MR) is 126 cm³/mol. The van der Waals surface area contributed by atoms with Crippen molar-refractivity contribution in [1.82, 2.24) is 15.3 Å². The molecule has 0 bridgehead atoms. The molecule has 2 aromatic carbocycles. The first-order valence-electron chi connectivity index (χ1n) is 11.3. The smallest absolute Gasteiger partial charge is 0.150 e. The van der Waals surface area contributed by atoms with E-state index in [9.17, 15) is 0 Å². The lowest BCUT2D eigenvalue weighted by molar-refractivity contribution is 0.242. The summed E-state index contributed by atoms with van der Waals surface area (Å²) in [6.45, 7) is 6.81. The second-order valence-corrected chi connectivity index (χ2v) is 9.06. The number of hydrogen-bond donors (Lipinski definition) is 2. The van der Waals surface area contributed by atoms with E-state index in [4.69, 9.17) is 26.1 Å². The molecule has 1 aliphatic rings. The first kappa shape index (κ1) is 22.0. The topological polar surface area (TPSA) is 59.2 Å². The Balaban J connectivity index is 1.47. The maximum Gasteiger partial charge on any atom is 0.150 e. The van der Waals surface area contributed by atoms with Gasteiger partial charge in [0.2, 0.25) is 0 Å². The first-order chi connectivity index (χ1) is 15.1. The van der Waals surface area contributed by atoms with Gasteiger partial charge >= 0.3 is 0 Å². The van der Waals surface area contributed by atoms with Crippen LogP contribution < -0.4 is 14.8 Å². The molecule has 0 amide bonds. The number of H-pyrrole nitrogens is 1. The highest BCUT2D eigenvalue weighted by Gasteiger charge is 2.17. The summed E-state index contributed by atoms with van der Waals surface area (Å²) < 4.78 is 12.1. The van der Waals surface area contributed by atoms with Crippen LogP contribution in [0.3, 0.4) is 0 Å². The van der Waals surface area contributed by atoms with Gasteiger partial charge in [-0.1, -0.05) is 24.1 Å². The largest absolute Gasteiger partial charge is 0.488 e. The molecule has 0 radical (unpaired) electrons. The van der Waals surface area contributed by atoms with E-state index < -0.39 is 0 Å². The van der Waals surface area contributed by atoms with Crippen LogP contribution in [0.2, 0.25) is 5.02 Å². The number of aryl methyl sites for hydroxylation is 1. The zero-order valence-corrected chi connectivity index (χ0v) is 19.2. The summed E-state index contributed by atoms with van der Waals surface area (Å²) in [4.78, 5) is 8.19. The van der Waals surface area contributed by atoms with E-state index in [2.05, 4.69) is 36.3 Å². The number of imidazole rings is 1. The van der Waals surface area contributed by atoms with Crippen molar-refractivity contribution in [2.75, 3.05) is 13.1 Å².